The van der Waals surface area contributed by atoms with Gasteiger partial charge in [-0.3, -0.25) is 4.79 Å². The molecule has 0 saturated carbocycles. The number of carbonyl (C=O) groups is 1. The van der Waals surface area contributed by atoms with Crippen LogP contribution in [-0.2, 0) is 17.8 Å². The first kappa shape index (κ1) is 16.8. The highest BCUT2D eigenvalue weighted by Crippen LogP contribution is 2.35. The van der Waals surface area contributed by atoms with E-state index in [0.29, 0.717) is 19.6 Å². The maximum Gasteiger partial charge on any atom is 0.252 e. The number of aryl methyl sites for hydroxylation is 1. The van der Waals surface area contributed by atoms with Crippen molar-refractivity contribution in [2.45, 2.75) is 26.3 Å². The van der Waals surface area contributed by atoms with Gasteiger partial charge in [0.15, 0.2) is 16.3 Å². The lowest BCUT2D eigenvalue weighted by Gasteiger charge is -2.18. The second-order valence-corrected chi connectivity index (χ2v) is 7.18. The van der Waals surface area contributed by atoms with Crippen LogP contribution >= 0.6 is 11.3 Å². The minimum Gasteiger partial charge on any atom is -0.486 e. The Balaban J connectivity index is 1.75. The van der Waals surface area contributed by atoms with Gasteiger partial charge in [-0.2, -0.15) is 4.99 Å². The van der Waals surface area contributed by atoms with Gasteiger partial charge in [0.25, 0.3) is 5.91 Å². The molecule has 0 spiro atoms. The van der Waals surface area contributed by atoms with Crippen LogP contribution in [0.2, 0.25) is 0 Å². The Morgan fingerprint density at radius 1 is 1.15 bits per heavy atom. The predicted octanol–water partition coefficient (Wildman–Crippen LogP) is 3.55. The molecule has 1 aliphatic rings. The molecule has 0 fully saturated rings. The summed E-state index contributed by atoms with van der Waals surface area (Å²) in [5.41, 5.74) is 2.01. The third-order valence-electron chi connectivity index (χ3n) is 4.21. The second-order valence-electron chi connectivity index (χ2n) is 6.17. The summed E-state index contributed by atoms with van der Waals surface area (Å²) in [6, 6.07) is 13.7. The molecule has 0 saturated heterocycles. The summed E-state index contributed by atoms with van der Waals surface area (Å²) in [5, 5.41) is 0. The van der Waals surface area contributed by atoms with Crippen LogP contribution in [0.15, 0.2) is 47.5 Å². The van der Waals surface area contributed by atoms with Crippen molar-refractivity contribution < 1.29 is 14.3 Å². The molecular formula is C20H20N2O3S. The van der Waals surface area contributed by atoms with Gasteiger partial charge in [-0.25, -0.2) is 0 Å². The van der Waals surface area contributed by atoms with Crippen molar-refractivity contribution in [3.8, 4) is 11.5 Å². The van der Waals surface area contributed by atoms with E-state index in [1.54, 1.807) is 0 Å². The number of hydrogen-bond donors (Lipinski definition) is 0. The molecule has 26 heavy (non-hydrogen) atoms. The Kier molecular flexibility index (Phi) is 4.75. The van der Waals surface area contributed by atoms with Gasteiger partial charge in [-0.1, -0.05) is 48.6 Å². The molecule has 0 unspecified atom stereocenters. The summed E-state index contributed by atoms with van der Waals surface area (Å²) in [6.07, 6.45) is 1.27. The van der Waals surface area contributed by atoms with Gasteiger partial charge in [0.1, 0.15) is 13.2 Å². The number of ether oxygens (including phenoxy) is 2. The minimum absolute atomic E-state index is 0.134. The normalized spacial score (nSPS) is 14.0. The number of nitrogens with zero attached hydrogens (tertiary/aromatic N) is 2. The van der Waals surface area contributed by atoms with Crippen molar-refractivity contribution in [1.29, 1.82) is 0 Å². The number of hydrogen-bond acceptors (Lipinski definition) is 4. The number of fused-ring (bicyclic) bond motifs is 2. The van der Waals surface area contributed by atoms with Gasteiger partial charge in [-0.15, -0.1) is 0 Å². The van der Waals surface area contributed by atoms with Crippen molar-refractivity contribution in [2.24, 2.45) is 4.99 Å². The van der Waals surface area contributed by atoms with Gasteiger partial charge >= 0.3 is 0 Å². The molecule has 1 aromatic heterocycles. The zero-order chi connectivity index (χ0) is 17.9. The molecule has 1 aliphatic heterocycles. The molecule has 4 rings (SSSR count). The lowest BCUT2D eigenvalue weighted by atomic mass is 10.1. The third kappa shape index (κ3) is 3.37. The van der Waals surface area contributed by atoms with Gasteiger partial charge in [0.05, 0.1) is 16.6 Å². The number of aromatic nitrogens is 1. The summed E-state index contributed by atoms with van der Waals surface area (Å²) in [4.78, 5) is 17.6. The molecule has 2 aromatic carbocycles. The molecule has 2 heterocycles. The molecule has 5 nitrogen and oxygen atoms in total. The molecule has 3 aromatic rings. The van der Waals surface area contributed by atoms with E-state index in [1.165, 1.54) is 11.3 Å². The zero-order valence-electron chi connectivity index (χ0n) is 14.6. The average Bonchev–Trinajstić information content (AvgIpc) is 2.97. The molecule has 0 atom stereocenters. The fourth-order valence-electron chi connectivity index (χ4n) is 3.05. The quantitative estimate of drug-likeness (QED) is 0.708. The number of carbonyl (C=O) groups excluding carboxylic acids is 1. The van der Waals surface area contributed by atoms with Crippen molar-refractivity contribution in [3.05, 3.63) is 52.8 Å². The SMILES string of the molecule is CCCn1c(=NC(=O)Cc2ccccc2)sc2cc3c(cc21)OCCO3. The lowest BCUT2D eigenvalue weighted by Crippen LogP contribution is -2.18. The van der Waals surface area contributed by atoms with E-state index in [9.17, 15) is 4.79 Å². The van der Waals surface area contributed by atoms with Crippen molar-refractivity contribution in [3.63, 3.8) is 0 Å². The van der Waals surface area contributed by atoms with Crippen molar-refractivity contribution in [2.75, 3.05) is 13.2 Å². The number of rotatable bonds is 4. The largest absolute Gasteiger partial charge is 0.486 e. The molecule has 0 N–H and O–H groups in total. The monoisotopic (exact) mass is 368 g/mol. The number of benzene rings is 2. The Morgan fingerprint density at radius 3 is 2.62 bits per heavy atom. The van der Waals surface area contributed by atoms with Crippen molar-refractivity contribution in [1.82, 2.24) is 4.57 Å². The summed E-state index contributed by atoms with van der Waals surface area (Å²) in [7, 11) is 0. The van der Waals surface area contributed by atoms with E-state index in [4.69, 9.17) is 9.47 Å². The van der Waals surface area contributed by atoms with Gasteiger partial charge in [0.2, 0.25) is 0 Å². The third-order valence-corrected chi connectivity index (χ3v) is 5.25. The highest BCUT2D eigenvalue weighted by molar-refractivity contribution is 7.16. The lowest BCUT2D eigenvalue weighted by molar-refractivity contribution is -0.117. The summed E-state index contributed by atoms with van der Waals surface area (Å²) in [5.74, 6) is 1.38. The first-order valence-electron chi connectivity index (χ1n) is 8.79. The first-order valence-corrected chi connectivity index (χ1v) is 9.60. The summed E-state index contributed by atoms with van der Waals surface area (Å²) < 4.78 is 14.5. The average molecular weight is 368 g/mol. The topological polar surface area (TPSA) is 52.8 Å². The van der Waals surface area contributed by atoms with E-state index in [-0.39, 0.29) is 5.91 Å². The van der Waals surface area contributed by atoms with Crippen molar-refractivity contribution >= 4 is 27.5 Å². The number of amides is 1. The Bertz CT molecular complexity index is 1010. The van der Waals surface area contributed by atoms with Crippen LogP contribution in [0.5, 0.6) is 11.5 Å². The highest BCUT2D eigenvalue weighted by Gasteiger charge is 2.16. The van der Waals surface area contributed by atoms with E-state index >= 15 is 0 Å². The minimum atomic E-state index is -0.134. The van der Waals surface area contributed by atoms with Crippen LogP contribution in [-0.4, -0.2) is 23.7 Å². The number of thiazole rings is 1. The molecule has 0 bridgehead atoms. The van der Waals surface area contributed by atoms with Gasteiger partial charge in [0, 0.05) is 18.7 Å². The van der Waals surface area contributed by atoms with Crippen LogP contribution in [0.1, 0.15) is 18.9 Å². The van der Waals surface area contributed by atoms with Gasteiger partial charge < -0.3 is 14.0 Å². The van der Waals surface area contributed by atoms with Gasteiger partial charge in [-0.05, 0) is 12.0 Å². The van der Waals surface area contributed by atoms with Crippen LogP contribution in [0.25, 0.3) is 10.2 Å². The second kappa shape index (κ2) is 7.33. The van der Waals surface area contributed by atoms with Crippen LogP contribution in [0, 0.1) is 0 Å². The van der Waals surface area contributed by atoms with Crippen LogP contribution in [0.4, 0.5) is 0 Å². The molecule has 0 radical (unpaired) electrons. The fraction of sp³-hybridized carbons (Fsp3) is 0.300. The summed E-state index contributed by atoms with van der Waals surface area (Å²) in [6.45, 7) is 4.04. The molecule has 6 heteroatoms. The fourth-order valence-corrected chi connectivity index (χ4v) is 4.13. The van der Waals surface area contributed by atoms with Crippen LogP contribution < -0.4 is 14.3 Å². The maximum absolute atomic E-state index is 12.4. The van der Waals surface area contributed by atoms with Crippen LogP contribution in [0.3, 0.4) is 0 Å². The highest BCUT2D eigenvalue weighted by atomic mass is 32.1. The first-order chi connectivity index (χ1) is 12.7. The Morgan fingerprint density at radius 2 is 1.88 bits per heavy atom. The van der Waals surface area contributed by atoms with E-state index < -0.39 is 0 Å². The Hall–Kier alpha value is -2.60. The molecule has 0 aliphatic carbocycles. The summed E-state index contributed by atoms with van der Waals surface area (Å²) >= 11 is 1.52. The molecule has 1 amide bonds. The van der Waals surface area contributed by atoms with E-state index in [2.05, 4.69) is 16.5 Å². The molecular weight excluding hydrogens is 348 g/mol. The predicted molar refractivity (Wildman–Crippen MR) is 102 cm³/mol. The Labute approximate surface area is 155 Å². The van der Waals surface area contributed by atoms with E-state index in [0.717, 1.165) is 45.0 Å². The maximum atomic E-state index is 12.4. The zero-order valence-corrected chi connectivity index (χ0v) is 15.4. The smallest absolute Gasteiger partial charge is 0.252 e. The van der Waals surface area contributed by atoms with E-state index in [1.807, 2.05) is 42.5 Å². The standard InChI is InChI=1S/C20H20N2O3S/c1-2-8-22-15-12-16-17(25-10-9-24-16)13-18(15)26-20(22)21-19(23)11-14-6-4-3-5-7-14/h3-7,12-13H,2,8-11H2,1H3. The molecule has 134 valence electrons.